The van der Waals surface area contributed by atoms with Crippen LogP contribution in [0.15, 0.2) is 54.6 Å². The van der Waals surface area contributed by atoms with E-state index in [9.17, 15) is 14.7 Å². The lowest BCUT2D eigenvalue weighted by Crippen LogP contribution is -2.34. The van der Waals surface area contributed by atoms with E-state index in [0.29, 0.717) is 21.8 Å². The van der Waals surface area contributed by atoms with Gasteiger partial charge < -0.3 is 10.4 Å². The van der Waals surface area contributed by atoms with Crippen molar-refractivity contribution in [3.05, 3.63) is 76.4 Å². The van der Waals surface area contributed by atoms with E-state index in [-0.39, 0.29) is 6.42 Å². The first-order chi connectivity index (χ1) is 13.0. The Bertz CT molecular complexity index is 952. The summed E-state index contributed by atoms with van der Waals surface area (Å²) in [6.45, 7) is 1.82. The number of hydrogen-bond acceptors (Lipinski definition) is 3. The number of aromatic amines is 1. The molecule has 0 aliphatic heterocycles. The maximum absolute atomic E-state index is 12.6. The molecule has 1 amide bonds. The predicted molar refractivity (Wildman–Crippen MR) is 102 cm³/mol. The van der Waals surface area contributed by atoms with Crippen molar-refractivity contribution < 1.29 is 14.7 Å². The number of rotatable bonds is 6. The van der Waals surface area contributed by atoms with Gasteiger partial charge in [0.2, 0.25) is 5.91 Å². The second-order valence-electron chi connectivity index (χ2n) is 6.11. The normalized spacial score (nSPS) is 11.8. The molecule has 3 rings (SSSR count). The van der Waals surface area contributed by atoms with Crippen LogP contribution in [0.4, 0.5) is 0 Å². The van der Waals surface area contributed by atoms with Crippen molar-refractivity contribution in [2.45, 2.75) is 19.4 Å². The lowest BCUT2D eigenvalue weighted by Gasteiger charge is -2.15. The van der Waals surface area contributed by atoms with E-state index in [0.717, 1.165) is 11.3 Å². The summed E-state index contributed by atoms with van der Waals surface area (Å²) in [5, 5.41) is 19.8. The molecule has 6 nitrogen and oxygen atoms in total. The van der Waals surface area contributed by atoms with Crippen molar-refractivity contribution in [2.24, 2.45) is 0 Å². The Morgan fingerprint density at radius 2 is 1.81 bits per heavy atom. The number of amides is 1. The largest absolute Gasteiger partial charge is 0.479 e. The first-order valence-electron chi connectivity index (χ1n) is 8.32. The minimum Gasteiger partial charge on any atom is -0.479 e. The number of benzene rings is 2. The number of hydrogen-bond donors (Lipinski definition) is 3. The van der Waals surface area contributed by atoms with Gasteiger partial charge in [0.25, 0.3) is 0 Å². The van der Waals surface area contributed by atoms with Gasteiger partial charge in [-0.05, 0) is 24.6 Å². The minimum absolute atomic E-state index is 0.0108. The van der Waals surface area contributed by atoms with E-state index in [1.165, 1.54) is 0 Å². The Hall–Kier alpha value is -3.12. The van der Waals surface area contributed by atoms with Crippen LogP contribution in [0.3, 0.4) is 0 Å². The Kier molecular flexibility index (Phi) is 5.57. The molecule has 1 atom stereocenters. The number of halogens is 1. The number of nitrogens with one attached hydrogen (secondary N) is 2. The number of carboxylic acids is 1. The highest BCUT2D eigenvalue weighted by Crippen LogP contribution is 2.25. The van der Waals surface area contributed by atoms with Gasteiger partial charge in [0.05, 0.1) is 12.1 Å². The summed E-state index contributed by atoms with van der Waals surface area (Å²) in [6.07, 6.45) is 0.0108. The summed E-state index contributed by atoms with van der Waals surface area (Å²) < 4.78 is 0. The van der Waals surface area contributed by atoms with E-state index >= 15 is 0 Å². The first kappa shape index (κ1) is 18.7. The quantitative estimate of drug-likeness (QED) is 0.606. The minimum atomic E-state index is -1.11. The molecule has 3 N–H and O–H groups in total. The smallest absolute Gasteiger partial charge is 0.330 e. The van der Waals surface area contributed by atoms with E-state index in [1.54, 1.807) is 42.5 Å². The predicted octanol–water partition coefficient (Wildman–Crippen LogP) is 3.52. The number of nitrogens with zero attached hydrogens (tertiary/aromatic N) is 1. The summed E-state index contributed by atoms with van der Waals surface area (Å²) >= 11 is 5.93. The van der Waals surface area contributed by atoms with Crippen LogP contribution in [0.25, 0.3) is 11.3 Å². The number of carbonyl (C=O) groups is 2. The SMILES string of the molecule is Cc1[nH]nc(-c2ccc(Cl)cc2)c1CC(=O)NC(C(=O)O)c1ccccc1. The summed E-state index contributed by atoms with van der Waals surface area (Å²) in [6, 6.07) is 14.6. The van der Waals surface area contributed by atoms with Crippen molar-refractivity contribution in [1.82, 2.24) is 15.5 Å². The van der Waals surface area contributed by atoms with Crippen LogP contribution in [0.2, 0.25) is 5.02 Å². The van der Waals surface area contributed by atoms with Crippen molar-refractivity contribution >= 4 is 23.5 Å². The molecule has 3 aromatic rings. The zero-order valence-electron chi connectivity index (χ0n) is 14.6. The summed E-state index contributed by atoms with van der Waals surface area (Å²) in [5.41, 5.74) is 3.45. The zero-order chi connectivity index (χ0) is 19.4. The van der Waals surface area contributed by atoms with Crippen LogP contribution in [0.1, 0.15) is 22.9 Å². The van der Waals surface area contributed by atoms with Gasteiger partial charge >= 0.3 is 5.97 Å². The van der Waals surface area contributed by atoms with Crippen LogP contribution in [-0.2, 0) is 16.0 Å². The van der Waals surface area contributed by atoms with Crippen LogP contribution in [-0.4, -0.2) is 27.2 Å². The lowest BCUT2D eigenvalue weighted by atomic mass is 10.0. The average Bonchev–Trinajstić information content (AvgIpc) is 3.01. The standard InChI is InChI=1S/C20H18ClN3O3/c1-12-16(18(24-23-12)14-7-9-15(21)10-8-14)11-17(25)22-19(20(26)27)13-5-3-2-4-6-13/h2-10,19H,11H2,1H3,(H,22,25)(H,23,24)(H,26,27). The van der Waals surface area contributed by atoms with Gasteiger partial charge in [-0.2, -0.15) is 5.10 Å². The third kappa shape index (κ3) is 4.35. The monoisotopic (exact) mass is 383 g/mol. The molecule has 1 heterocycles. The van der Waals surface area contributed by atoms with Gasteiger partial charge in [-0.1, -0.05) is 54.1 Å². The third-order valence-corrected chi connectivity index (χ3v) is 4.47. The van der Waals surface area contributed by atoms with Crippen molar-refractivity contribution in [3.63, 3.8) is 0 Å². The summed E-state index contributed by atoms with van der Waals surface area (Å²) in [7, 11) is 0. The molecule has 0 aliphatic rings. The molecule has 0 radical (unpaired) electrons. The fourth-order valence-electron chi connectivity index (χ4n) is 2.82. The Labute approximate surface area is 161 Å². The first-order valence-corrected chi connectivity index (χ1v) is 8.70. The molecule has 27 heavy (non-hydrogen) atoms. The number of carbonyl (C=O) groups excluding carboxylic acids is 1. The van der Waals surface area contributed by atoms with Gasteiger partial charge in [-0.25, -0.2) is 4.79 Å². The van der Waals surface area contributed by atoms with Crippen molar-refractivity contribution in [3.8, 4) is 11.3 Å². The lowest BCUT2D eigenvalue weighted by molar-refractivity contribution is -0.141. The van der Waals surface area contributed by atoms with Crippen LogP contribution >= 0.6 is 11.6 Å². The fourth-order valence-corrected chi connectivity index (χ4v) is 2.95. The Morgan fingerprint density at radius 1 is 1.15 bits per heavy atom. The maximum atomic E-state index is 12.6. The number of aryl methyl sites for hydroxylation is 1. The maximum Gasteiger partial charge on any atom is 0.330 e. The number of H-pyrrole nitrogens is 1. The molecule has 7 heteroatoms. The van der Waals surface area contributed by atoms with E-state index in [2.05, 4.69) is 15.5 Å². The zero-order valence-corrected chi connectivity index (χ0v) is 15.3. The van der Waals surface area contributed by atoms with Crippen LogP contribution in [0.5, 0.6) is 0 Å². The highest BCUT2D eigenvalue weighted by Gasteiger charge is 2.23. The second-order valence-corrected chi connectivity index (χ2v) is 6.55. The molecule has 0 bridgehead atoms. The fraction of sp³-hybridized carbons (Fsp3) is 0.150. The molecule has 0 aliphatic carbocycles. The number of carboxylic acid groups (broad SMARTS) is 1. The van der Waals surface area contributed by atoms with Crippen molar-refractivity contribution in [1.29, 1.82) is 0 Å². The van der Waals surface area contributed by atoms with E-state index in [1.807, 2.05) is 19.1 Å². The third-order valence-electron chi connectivity index (χ3n) is 4.21. The molecular formula is C20H18ClN3O3. The summed E-state index contributed by atoms with van der Waals surface area (Å²) in [5.74, 6) is -1.51. The summed E-state index contributed by atoms with van der Waals surface area (Å²) in [4.78, 5) is 24.1. The highest BCUT2D eigenvalue weighted by molar-refractivity contribution is 6.30. The van der Waals surface area contributed by atoms with Crippen LogP contribution in [0, 0.1) is 6.92 Å². The molecule has 1 unspecified atom stereocenters. The van der Waals surface area contributed by atoms with E-state index < -0.39 is 17.9 Å². The second kappa shape index (κ2) is 8.05. The molecule has 0 saturated heterocycles. The molecule has 1 aromatic heterocycles. The number of aromatic nitrogens is 2. The Morgan fingerprint density at radius 3 is 2.44 bits per heavy atom. The molecule has 0 fully saturated rings. The van der Waals surface area contributed by atoms with E-state index in [4.69, 9.17) is 11.6 Å². The number of aliphatic carboxylic acids is 1. The molecule has 0 spiro atoms. The van der Waals surface area contributed by atoms with Gasteiger partial charge in [-0.15, -0.1) is 0 Å². The van der Waals surface area contributed by atoms with Gasteiger partial charge in [-0.3, -0.25) is 9.89 Å². The van der Waals surface area contributed by atoms with Gasteiger partial charge in [0.15, 0.2) is 6.04 Å². The topological polar surface area (TPSA) is 95.1 Å². The van der Waals surface area contributed by atoms with Gasteiger partial charge in [0, 0.05) is 21.8 Å². The van der Waals surface area contributed by atoms with Crippen LogP contribution < -0.4 is 5.32 Å². The van der Waals surface area contributed by atoms with Crippen molar-refractivity contribution in [2.75, 3.05) is 0 Å². The molecule has 2 aromatic carbocycles. The Balaban J connectivity index is 1.81. The molecular weight excluding hydrogens is 366 g/mol. The molecule has 0 saturated carbocycles. The van der Waals surface area contributed by atoms with Gasteiger partial charge in [0.1, 0.15) is 0 Å². The average molecular weight is 384 g/mol. The highest BCUT2D eigenvalue weighted by atomic mass is 35.5. The molecule has 138 valence electrons.